The van der Waals surface area contributed by atoms with Crippen LogP contribution in [0.1, 0.15) is 22.3 Å². The molecule has 55 heavy (non-hydrogen) atoms. The first kappa shape index (κ1) is 31.4. The van der Waals surface area contributed by atoms with Crippen molar-refractivity contribution in [3.05, 3.63) is 241 Å². The van der Waals surface area contributed by atoms with Gasteiger partial charge in [-0.3, -0.25) is 0 Å². The van der Waals surface area contributed by atoms with Gasteiger partial charge in [-0.2, -0.15) is 0 Å². The topological polar surface area (TPSA) is 6.48 Å². The molecule has 0 aliphatic heterocycles. The van der Waals surface area contributed by atoms with Crippen molar-refractivity contribution < 1.29 is 0 Å². The highest BCUT2D eigenvalue weighted by Crippen LogP contribution is 2.66. The van der Waals surface area contributed by atoms with Crippen molar-refractivity contribution >= 4 is 44.9 Å². The third-order valence-corrected chi connectivity index (χ3v) is 11.6. The van der Waals surface area contributed by atoms with Crippen molar-refractivity contribution in [2.45, 2.75) is 5.41 Å². The fourth-order valence-corrected chi connectivity index (χ4v) is 9.55. The molecule has 0 saturated carbocycles. The van der Waals surface area contributed by atoms with Crippen molar-refractivity contribution in [3.8, 4) is 22.3 Å². The van der Waals surface area contributed by atoms with Crippen LogP contribution in [0.3, 0.4) is 0 Å². The second kappa shape index (κ2) is 12.5. The maximum absolute atomic E-state index is 2.47. The number of benzene rings is 9. The largest absolute Gasteiger partial charge is 0.310 e. The van der Waals surface area contributed by atoms with Crippen LogP contribution in [0.2, 0.25) is 0 Å². The molecule has 0 fully saturated rings. The van der Waals surface area contributed by atoms with Gasteiger partial charge in [0.25, 0.3) is 0 Å². The summed E-state index contributed by atoms with van der Waals surface area (Å²) in [6.07, 6.45) is 0. The van der Waals surface area contributed by atoms with Crippen LogP contribution in [-0.4, -0.2) is 0 Å². The van der Waals surface area contributed by atoms with Gasteiger partial charge in [0.2, 0.25) is 0 Å². The molecule has 0 heterocycles. The molecular weight excluding hydrogens is 665 g/mol. The zero-order valence-electron chi connectivity index (χ0n) is 30.2. The average Bonchev–Trinajstić information content (AvgIpc) is 3.73. The van der Waals surface area contributed by atoms with E-state index in [4.69, 9.17) is 0 Å². The van der Waals surface area contributed by atoms with E-state index in [0.29, 0.717) is 0 Å². The molecule has 0 amide bonds. The third kappa shape index (κ3) is 4.55. The van der Waals surface area contributed by atoms with Gasteiger partial charge in [0.15, 0.2) is 0 Å². The summed E-state index contributed by atoms with van der Waals surface area (Å²) in [4.78, 5) is 4.84. The average molecular weight is 701 g/mol. The number of hydrogen-bond donors (Lipinski definition) is 0. The monoisotopic (exact) mass is 700 g/mol. The van der Waals surface area contributed by atoms with Gasteiger partial charge in [0, 0.05) is 33.7 Å². The first-order valence-corrected chi connectivity index (χ1v) is 19.0. The minimum atomic E-state index is -0.532. The Morgan fingerprint density at radius 1 is 0.291 bits per heavy atom. The predicted molar refractivity (Wildman–Crippen MR) is 230 cm³/mol. The Morgan fingerprint density at radius 3 is 1.27 bits per heavy atom. The summed E-state index contributed by atoms with van der Waals surface area (Å²) in [6.45, 7) is 0. The van der Waals surface area contributed by atoms with Crippen LogP contribution in [0.5, 0.6) is 0 Å². The Labute approximate surface area is 321 Å². The molecule has 2 nitrogen and oxygen atoms in total. The van der Waals surface area contributed by atoms with Crippen molar-refractivity contribution in [2.24, 2.45) is 0 Å². The van der Waals surface area contributed by atoms with Gasteiger partial charge in [0.05, 0.1) is 16.8 Å². The van der Waals surface area contributed by atoms with Crippen LogP contribution in [-0.2, 0) is 5.41 Å². The molecular formula is C53H36N2. The molecule has 1 atom stereocenters. The fraction of sp³-hybridized carbons (Fsp3) is 0.0189. The number of anilines is 6. The summed E-state index contributed by atoms with van der Waals surface area (Å²) in [5.74, 6) is 0. The smallest absolute Gasteiger partial charge is 0.0732 e. The molecule has 11 rings (SSSR count). The molecule has 258 valence electrons. The third-order valence-electron chi connectivity index (χ3n) is 11.6. The van der Waals surface area contributed by atoms with E-state index < -0.39 is 5.41 Å². The van der Waals surface area contributed by atoms with Gasteiger partial charge in [-0.05, 0) is 105 Å². The standard InChI is InChI=1S/C53H36N2/c1-5-20-37(21-6-1)54(38-22-7-2-8-23-38)49-35-19-34-48-51(49)44-31-16-18-33-47(44)53(48)46-32-17-15-28-41(46)45-36-50(42-29-13-14-30-43(42)52(45)53)55(39-24-9-3-10-25-39)40-26-11-4-12-27-40/h1-36H. The lowest BCUT2D eigenvalue weighted by Gasteiger charge is -2.33. The first-order chi connectivity index (χ1) is 27.3. The van der Waals surface area contributed by atoms with Crippen LogP contribution in [0.25, 0.3) is 33.0 Å². The van der Waals surface area contributed by atoms with Crippen molar-refractivity contribution in [2.75, 3.05) is 9.80 Å². The quantitative estimate of drug-likeness (QED) is 0.170. The van der Waals surface area contributed by atoms with E-state index in [1.807, 2.05) is 0 Å². The molecule has 2 aliphatic rings. The second-order valence-electron chi connectivity index (χ2n) is 14.4. The van der Waals surface area contributed by atoms with E-state index in [9.17, 15) is 0 Å². The summed E-state index contributed by atoms with van der Waals surface area (Å²) >= 11 is 0. The van der Waals surface area contributed by atoms with E-state index in [-0.39, 0.29) is 0 Å². The fourth-order valence-electron chi connectivity index (χ4n) is 9.55. The first-order valence-electron chi connectivity index (χ1n) is 19.0. The number of nitrogens with zero attached hydrogens (tertiary/aromatic N) is 2. The molecule has 0 aromatic heterocycles. The molecule has 9 aromatic rings. The van der Waals surface area contributed by atoms with Crippen molar-refractivity contribution in [3.63, 3.8) is 0 Å². The summed E-state index contributed by atoms with van der Waals surface area (Å²) in [6, 6.07) is 79.8. The SMILES string of the molecule is c1ccc(N(c2ccccc2)c2cccc3c2-c2ccccc2C32c3ccccc3-c3cc(N(c4ccccc4)c4ccccc4)c4ccccc4c32)cc1. The van der Waals surface area contributed by atoms with Crippen LogP contribution >= 0.6 is 0 Å². The molecule has 1 spiro atoms. The molecule has 0 N–H and O–H groups in total. The van der Waals surface area contributed by atoms with Gasteiger partial charge < -0.3 is 9.80 Å². The van der Waals surface area contributed by atoms with Gasteiger partial charge in [-0.15, -0.1) is 0 Å². The summed E-state index contributed by atoms with van der Waals surface area (Å²) < 4.78 is 0. The normalized spacial score (nSPS) is 14.6. The van der Waals surface area contributed by atoms with Gasteiger partial charge in [-0.25, -0.2) is 0 Å². The van der Waals surface area contributed by atoms with Gasteiger partial charge >= 0.3 is 0 Å². The number of fused-ring (bicyclic) bond motifs is 12. The Kier molecular flexibility index (Phi) is 7.11. The Bertz CT molecular complexity index is 2790. The molecule has 2 heteroatoms. The highest BCUT2D eigenvalue weighted by atomic mass is 15.2. The summed E-state index contributed by atoms with van der Waals surface area (Å²) in [5.41, 5.74) is 16.7. The number of para-hydroxylation sites is 4. The number of rotatable bonds is 6. The second-order valence-corrected chi connectivity index (χ2v) is 14.4. The molecule has 1 unspecified atom stereocenters. The Balaban J connectivity index is 1.26. The minimum Gasteiger partial charge on any atom is -0.310 e. The zero-order valence-corrected chi connectivity index (χ0v) is 30.2. The number of hydrogen-bond acceptors (Lipinski definition) is 2. The van der Waals surface area contributed by atoms with E-state index >= 15 is 0 Å². The van der Waals surface area contributed by atoms with Crippen LogP contribution in [0.4, 0.5) is 34.1 Å². The minimum absolute atomic E-state index is 0.532. The van der Waals surface area contributed by atoms with Crippen LogP contribution < -0.4 is 9.80 Å². The lowest BCUT2D eigenvalue weighted by molar-refractivity contribution is 0.801. The van der Waals surface area contributed by atoms with E-state index in [0.717, 1.165) is 28.4 Å². The lowest BCUT2D eigenvalue weighted by atomic mass is 9.69. The van der Waals surface area contributed by atoms with E-state index in [1.54, 1.807) is 0 Å². The maximum Gasteiger partial charge on any atom is 0.0732 e. The molecule has 2 aliphatic carbocycles. The van der Waals surface area contributed by atoms with Crippen molar-refractivity contribution in [1.29, 1.82) is 0 Å². The highest BCUT2D eigenvalue weighted by Gasteiger charge is 2.53. The summed E-state index contributed by atoms with van der Waals surface area (Å²) in [7, 11) is 0. The summed E-state index contributed by atoms with van der Waals surface area (Å²) in [5, 5.41) is 2.48. The maximum atomic E-state index is 2.47. The van der Waals surface area contributed by atoms with Crippen LogP contribution in [0, 0.1) is 0 Å². The predicted octanol–water partition coefficient (Wildman–Crippen LogP) is 14.1. The van der Waals surface area contributed by atoms with Crippen LogP contribution in [0.15, 0.2) is 218 Å². The highest BCUT2D eigenvalue weighted by molar-refractivity contribution is 6.11. The van der Waals surface area contributed by atoms with E-state index in [1.165, 1.54) is 61.0 Å². The van der Waals surface area contributed by atoms with Gasteiger partial charge in [0.1, 0.15) is 0 Å². The molecule has 9 aromatic carbocycles. The molecule has 0 saturated heterocycles. The van der Waals surface area contributed by atoms with Gasteiger partial charge in [-0.1, -0.05) is 158 Å². The zero-order chi connectivity index (χ0) is 36.3. The lowest BCUT2D eigenvalue weighted by Crippen LogP contribution is -2.26. The molecule has 0 radical (unpaired) electrons. The Hall–Kier alpha value is -7.16. The Morgan fingerprint density at radius 2 is 0.709 bits per heavy atom. The van der Waals surface area contributed by atoms with Crippen molar-refractivity contribution in [1.82, 2.24) is 0 Å². The molecule has 0 bridgehead atoms. The van der Waals surface area contributed by atoms with E-state index in [2.05, 4.69) is 228 Å².